The van der Waals surface area contributed by atoms with Crippen LogP contribution in [0.3, 0.4) is 0 Å². The van der Waals surface area contributed by atoms with Crippen LogP contribution in [0, 0.1) is 20.8 Å². The van der Waals surface area contributed by atoms with Crippen LogP contribution in [-0.2, 0) is 34.0 Å². The van der Waals surface area contributed by atoms with Gasteiger partial charge in [-0.15, -0.1) is 15.0 Å². The average molecular weight is 702 g/mol. The number of hydrogen-bond acceptors (Lipinski definition) is 15. The highest BCUT2D eigenvalue weighted by Gasteiger charge is 2.25. The van der Waals surface area contributed by atoms with Crippen molar-refractivity contribution in [1.29, 1.82) is 0 Å². The minimum absolute atomic E-state index is 0.0195. The summed E-state index contributed by atoms with van der Waals surface area (Å²) in [6.45, 7) is 4.63. The van der Waals surface area contributed by atoms with Crippen molar-refractivity contribution < 1.29 is 52.1 Å². The summed E-state index contributed by atoms with van der Waals surface area (Å²) < 4.78 is 49.4. The van der Waals surface area contributed by atoms with Crippen LogP contribution in [-0.4, -0.2) is 97.2 Å². The normalized spacial score (nSPS) is 14.3. The number of aliphatic hydroxyl groups excluding tert-OH is 2. The molecule has 0 bridgehead atoms. The van der Waals surface area contributed by atoms with Crippen molar-refractivity contribution in [2.45, 2.75) is 70.4 Å². The molecule has 266 valence electrons. The molecule has 2 rings (SSSR count). The minimum atomic E-state index is -3.71. The molecular formula is C29H40FN5O12S. The number of ether oxygens (including phenoxy) is 2. The molecule has 0 aliphatic heterocycles. The molecule has 4 atom stereocenters. The molecular weight excluding hydrogens is 661 g/mol. The van der Waals surface area contributed by atoms with Gasteiger partial charge in [0.25, 0.3) is 5.09 Å². The van der Waals surface area contributed by atoms with E-state index < -0.39 is 57.7 Å². The van der Waals surface area contributed by atoms with Crippen molar-refractivity contribution in [3.8, 4) is 11.3 Å². The molecule has 19 heteroatoms. The van der Waals surface area contributed by atoms with E-state index in [4.69, 9.17) is 9.47 Å². The van der Waals surface area contributed by atoms with E-state index in [1.807, 2.05) is 13.8 Å². The van der Waals surface area contributed by atoms with Crippen LogP contribution in [0.4, 0.5) is 10.3 Å². The van der Waals surface area contributed by atoms with Crippen LogP contribution in [0.1, 0.15) is 57.2 Å². The summed E-state index contributed by atoms with van der Waals surface area (Å²) in [5, 5.41) is 32.8. The molecule has 0 aliphatic rings. The van der Waals surface area contributed by atoms with Crippen molar-refractivity contribution >= 4 is 28.0 Å². The Balaban J connectivity index is 2.02. The third-order valence-electron chi connectivity index (χ3n) is 6.74. The van der Waals surface area contributed by atoms with Gasteiger partial charge < -0.3 is 29.4 Å². The lowest BCUT2D eigenvalue weighted by Gasteiger charge is -2.20. The van der Waals surface area contributed by atoms with Gasteiger partial charge in [0.1, 0.15) is 5.82 Å². The molecule has 2 aromatic rings. The molecule has 3 unspecified atom stereocenters. The third kappa shape index (κ3) is 13.1. The zero-order chi connectivity index (χ0) is 36.0. The van der Waals surface area contributed by atoms with E-state index in [1.54, 1.807) is 0 Å². The highest BCUT2D eigenvalue weighted by Crippen LogP contribution is 2.31. The number of aliphatic hydroxyl groups is 2. The molecule has 1 aromatic carbocycles. The maximum absolute atomic E-state index is 13.7. The average Bonchev–Trinajstić information content (AvgIpc) is 3.00. The third-order valence-corrected chi connectivity index (χ3v) is 7.90. The Bertz CT molecular complexity index is 1510. The highest BCUT2D eigenvalue weighted by atomic mass is 32.2. The number of halogens is 1. The van der Waals surface area contributed by atoms with Gasteiger partial charge in [-0.1, -0.05) is 26.0 Å². The first-order valence-electron chi connectivity index (χ1n) is 14.7. The maximum Gasteiger partial charge on any atom is 0.308 e. The summed E-state index contributed by atoms with van der Waals surface area (Å²) in [6, 6.07) is 5.41. The van der Waals surface area contributed by atoms with E-state index in [-0.39, 0.29) is 50.2 Å². The van der Waals surface area contributed by atoms with Crippen molar-refractivity contribution in [3.63, 3.8) is 0 Å². The predicted molar refractivity (Wildman–Crippen MR) is 170 cm³/mol. The molecule has 0 aliphatic carbocycles. The number of rotatable bonds is 21. The first kappa shape index (κ1) is 39.8. The van der Waals surface area contributed by atoms with Crippen LogP contribution in [0.25, 0.3) is 17.3 Å². The summed E-state index contributed by atoms with van der Waals surface area (Å²) in [5.74, 6) is -1.55. The first-order valence-corrected chi connectivity index (χ1v) is 16.6. The van der Waals surface area contributed by atoms with E-state index in [2.05, 4.69) is 25.0 Å². The van der Waals surface area contributed by atoms with E-state index in [9.17, 15) is 42.8 Å². The number of nitrogens with zero attached hydrogens (tertiary/aromatic N) is 5. The Morgan fingerprint density at radius 1 is 1.17 bits per heavy atom. The molecule has 2 N–H and O–H groups in total. The van der Waals surface area contributed by atoms with Crippen LogP contribution in [0.5, 0.6) is 0 Å². The van der Waals surface area contributed by atoms with E-state index in [1.165, 1.54) is 50.4 Å². The van der Waals surface area contributed by atoms with Gasteiger partial charge in [-0.3, -0.25) is 4.79 Å². The van der Waals surface area contributed by atoms with Crippen LogP contribution in [0.15, 0.2) is 35.7 Å². The Kier molecular flexibility index (Phi) is 15.7. The second kappa shape index (κ2) is 18.9. The molecule has 0 spiro atoms. The smallest absolute Gasteiger partial charge is 0.308 e. The summed E-state index contributed by atoms with van der Waals surface area (Å²) in [7, 11) is -2.40. The molecule has 0 saturated heterocycles. The molecule has 17 nitrogen and oxygen atoms in total. The van der Waals surface area contributed by atoms with Gasteiger partial charge >= 0.3 is 5.97 Å². The number of hydrogen-bond donors (Lipinski definition) is 2. The molecule has 0 amide bonds. The topological polar surface area (TPSA) is 230 Å². The molecule has 0 fully saturated rings. The van der Waals surface area contributed by atoms with E-state index >= 15 is 0 Å². The van der Waals surface area contributed by atoms with Crippen LogP contribution < -0.4 is 4.31 Å². The van der Waals surface area contributed by atoms with E-state index in [0.717, 1.165) is 10.6 Å². The van der Waals surface area contributed by atoms with Crippen molar-refractivity contribution in [2.75, 3.05) is 37.4 Å². The number of aromatic nitrogens is 2. The lowest BCUT2D eigenvalue weighted by molar-refractivity contribution is -0.771. The van der Waals surface area contributed by atoms with Crippen molar-refractivity contribution in [3.05, 3.63) is 62.4 Å². The van der Waals surface area contributed by atoms with Gasteiger partial charge in [0, 0.05) is 37.6 Å². The Labute approximate surface area is 276 Å². The molecule has 0 radical (unpaired) electrons. The molecule has 1 aromatic heterocycles. The summed E-state index contributed by atoms with van der Waals surface area (Å²) in [5.41, 5.74) is 1.65. The fourth-order valence-electron chi connectivity index (χ4n) is 4.14. The largest absolute Gasteiger partial charge is 0.466 e. The van der Waals surface area contributed by atoms with Gasteiger partial charge in [0.15, 0.2) is 17.5 Å². The maximum atomic E-state index is 13.7. The second-order valence-electron chi connectivity index (χ2n) is 11.0. The summed E-state index contributed by atoms with van der Waals surface area (Å²) in [4.78, 5) is 50.7. The Hall–Kier alpha value is -4.33. The molecule has 48 heavy (non-hydrogen) atoms. The van der Waals surface area contributed by atoms with E-state index in [0.29, 0.717) is 16.8 Å². The predicted octanol–water partition coefficient (Wildman–Crippen LogP) is 2.93. The van der Waals surface area contributed by atoms with Gasteiger partial charge in [-0.2, -0.15) is 0 Å². The fourth-order valence-corrected chi connectivity index (χ4v) is 4.52. The van der Waals surface area contributed by atoms with Crippen molar-refractivity contribution in [2.24, 2.45) is 5.34 Å². The fraction of sp³-hybridized carbons (Fsp3) is 0.552. The van der Waals surface area contributed by atoms with Crippen LogP contribution in [0.2, 0.25) is 0 Å². The summed E-state index contributed by atoms with van der Waals surface area (Å²) >= 11 is 0. The number of anilines is 1. The number of sulfonamides is 1. The standard InChI is InChI=1S/C29H40FN5O12S/c1-18(2)27-24(28(20-7-9-21(30)10-8-20)32-29(31-27)34(4)48(5,42)43)12-11-22(36)15-23(37)16-26(38)45-14-6-13-44-17-25(47-35(40)41)19(3)46-33-39/h7-12,18-19,22-23,25,36-37H,6,13-17H2,1-5H3/b12-11+/t19?,22?,23-,25?/m1/s1. The quantitative estimate of drug-likeness (QED) is 0.0627. The zero-order valence-corrected chi connectivity index (χ0v) is 27.9. The number of carbonyl (C=O) groups excluding carboxylic acids is 1. The Morgan fingerprint density at radius 3 is 2.42 bits per heavy atom. The lowest BCUT2D eigenvalue weighted by atomic mass is 9.97. The van der Waals surface area contributed by atoms with Gasteiger partial charge in [0.2, 0.25) is 16.0 Å². The monoisotopic (exact) mass is 701 g/mol. The highest BCUT2D eigenvalue weighted by molar-refractivity contribution is 7.92. The first-order chi connectivity index (χ1) is 22.5. The van der Waals surface area contributed by atoms with Gasteiger partial charge in [-0.05, 0) is 37.1 Å². The number of benzene rings is 1. The lowest BCUT2D eigenvalue weighted by Crippen LogP contribution is -2.34. The minimum Gasteiger partial charge on any atom is -0.466 e. The number of esters is 1. The molecule has 0 saturated carbocycles. The number of carbonyl (C=O) groups is 1. The van der Waals surface area contributed by atoms with Gasteiger partial charge in [-0.25, -0.2) is 27.1 Å². The van der Waals surface area contributed by atoms with Crippen molar-refractivity contribution in [1.82, 2.24) is 9.97 Å². The SMILES string of the molecule is CC(C)c1nc(N(C)S(C)(=O)=O)nc(-c2ccc(F)cc2)c1/C=C/C(O)C[C@@H](O)CC(=O)OCCCOCC(O[N+](=O)[O-])C(C)ON=O. The second-order valence-corrected chi connectivity index (χ2v) is 13.0. The Morgan fingerprint density at radius 2 is 1.83 bits per heavy atom. The summed E-state index contributed by atoms with van der Waals surface area (Å²) in [6.07, 6.45) is -1.31. The van der Waals surface area contributed by atoms with Crippen LogP contribution >= 0.6 is 0 Å². The molecule has 1 heterocycles. The van der Waals surface area contributed by atoms with Gasteiger partial charge in [0.05, 0.1) is 49.5 Å². The zero-order valence-electron chi connectivity index (χ0n) is 27.1.